The lowest BCUT2D eigenvalue weighted by atomic mass is 10.2. The largest absolute Gasteiger partial charge is 0.394 e. The summed E-state index contributed by atoms with van der Waals surface area (Å²) in [7, 11) is 1.56. The van der Waals surface area contributed by atoms with Crippen LogP contribution in [0, 0.1) is 0 Å². The minimum absolute atomic E-state index is 0.0352. The van der Waals surface area contributed by atoms with Crippen molar-refractivity contribution in [3.63, 3.8) is 0 Å². The molecule has 0 spiro atoms. The molecule has 0 saturated heterocycles. The Labute approximate surface area is 98.9 Å². The Morgan fingerprint density at radius 3 is 2.76 bits per heavy atom. The third-order valence-electron chi connectivity index (χ3n) is 2.18. The monoisotopic (exact) mass is 240 g/mol. The first-order chi connectivity index (χ1) is 8.06. The van der Waals surface area contributed by atoms with Crippen LogP contribution in [-0.4, -0.2) is 30.7 Å². The number of anilines is 1. The van der Waals surface area contributed by atoms with E-state index >= 15 is 0 Å². The second-order valence-electron chi connectivity index (χ2n) is 3.55. The summed E-state index contributed by atoms with van der Waals surface area (Å²) >= 11 is 0. The Bertz CT molecular complexity index is 453. The molecular weight excluding hydrogens is 224 g/mol. The highest BCUT2D eigenvalue weighted by Gasteiger charge is 2.07. The molecule has 0 aliphatic rings. The Morgan fingerprint density at radius 1 is 1.47 bits per heavy atom. The number of carbonyl (C=O) groups is 1. The number of methoxy groups -OCH3 is 1. The smallest absolute Gasteiger partial charge is 0.275 e. The van der Waals surface area contributed by atoms with Crippen LogP contribution in [-0.2, 0) is 16.2 Å². The van der Waals surface area contributed by atoms with Crippen LogP contribution in [0.5, 0.6) is 0 Å². The molecule has 6 heteroatoms. The molecule has 0 aromatic carbocycles. The predicted molar refractivity (Wildman–Crippen MR) is 62.9 cm³/mol. The first-order valence-electron chi connectivity index (χ1n) is 5.14. The number of hydrogen-bond donors (Lipinski definition) is 1. The molecule has 1 heterocycles. The van der Waals surface area contributed by atoms with E-state index in [0.717, 1.165) is 0 Å². The number of nitrogens with zero attached hydrogens (tertiary/aromatic N) is 1. The van der Waals surface area contributed by atoms with Gasteiger partial charge in [-0.25, -0.2) is 0 Å². The second-order valence-corrected chi connectivity index (χ2v) is 3.55. The fraction of sp³-hybridized carbons (Fsp3) is 0.455. The topological polar surface area (TPSA) is 83.6 Å². The van der Waals surface area contributed by atoms with Crippen LogP contribution < -0.4 is 11.3 Å². The van der Waals surface area contributed by atoms with Crippen LogP contribution in [0.1, 0.15) is 17.3 Å². The lowest BCUT2D eigenvalue weighted by Crippen LogP contribution is -2.25. The Balaban J connectivity index is 2.83. The molecule has 0 aliphatic carbocycles. The van der Waals surface area contributed by atoms with Gasteiger partial charge in [0.1, 0.15) is 6.73 Å². The number of ether oxygens (including phenoxy) is 2. The number of carbonyl (C=O) groups excluding carboxylic acids is 1. The van der Waals surface area contributed by atoms with Gasteiger partial charge in [-0.05, 0) is 13.0 Å². The van der Waals surface area contributed by atoms with Gasteiger partial charge in [0.15, 0.2) is 5.78 Å². The van der Waals surface area contributed by atoms with Crippen LogP contribution in [0.3, 0.4) is 0 Å². The van der Waals surface area contributed by atoms with E-state index < -0.39 is 0 Å². The highest BCUT2D eigenvalue weighted by molar-refractivity contribution is 5.94. The van der Waals surface area contributed by atoms with Gasteiger partial charge in [0.2, 0.25) is 0 Å². The number of nitrogens with two attached hydrogens (primary N) is 1. The first-order valence-corrected chi connectivity index (χ1v) is 5.14. The lowest BCUT2D eigenvalue weighted by molar-refractivity contribution is 0.0327. The molecule has 2 N–H and O–H groups in total. The van der Waals surface area contributed by atoms with Crippen molar-refractivity contribution in [1.82, 2.24) is 4.57 Å². The molecule has 1 rings (SSSR count). The minimum Gasteiger partial charge on any atom is -0.394 e. The van der Waals surface area contributed by atoms with Gasteiger partial charge in [0.25, 0.3) is 5.56 Å². The van der Waals surface area contributed by atoms with Gasteiger partial charge in [0, 0.05) is 18.9 Å². The number of rotatable bonds is 6. The van der Waals surface area contributed by atoms with Gasteiger partial charge in [-0.15, -0.1) is 0 Å². The Morgan fingerprint density at radius 2 is 2.18 bits per heavy atom. The molecule has 0 saturated carbocycles. The first kappa shape index (κ1) is 13.4. The SMILES string of the molecule is COCCOCn1cc(C(C)=O)cc(N)c1=O. The maximum atomic E-state index is 11.6. The summed E-state index contributed by atoms with van der Waals surface area (Å²) in [6.45, 7) is 2.27. The van der Waals surface area contributed by atoms with Crippen molar-refractivity contribution in [3.8, 4) is 0 Å². The van der Waals surface area contributed by atoms with Crippen molar-refractivity contribution in [2.45, 2.75) is 13.7 Å². The van der Waals surface area contributed by atoms with Gasteiger partial charge in [0.05, 0.1) is 18.9 Å². The maximum Gasteiger partial charge on any atom is 0.275 e. The minimum atomic E-state index is -0.368. The number of ketones is 1. The number of aromatic nitrogens is 1. The second kappa shape index (κ2) is 6.17. The van der Waals surface area contributed by atoms with Gasteiger partial charge in [-0.1, -0.05) is 0 Å². The normalized spacial score (nSPS) is 10.5. The molecule has 0 radical (unpaired) electrons. The van der Waals surface area contributed by atoms with Gasteiger partial charge in [-0.3, -0.25) is 14.2 Å². The number of Topliss-reactive ketones (excluding diaryl/α,β-unsaturated/α-hetero) is 1. The van der Waals surface area contributed by atoms with E-state index in [-0.39, 0.29) is 23.8 Å². The van der Waals surface area contributed by atoms with Crippen molar-refractivity contribution in [1.29, 1.82) is 0 Å². The molecule has 6 nitrogen and oxygen atoms in total. The van der Waals surface area contributed by atoms with Crippen molar-refractivity contribution < 1.29 is 14.3 Å². The molecule has 94 valence electrons. The summed E-state index contributed by atoms with van der Waals surface area (Å²) in [6.07, 6.45) is 1.44. The standard InChI is InChI=1S/C11H16N2O4/c1-8(14)9-5-10(12)11(15)13(6-9)7-17-4-3-16-2/h5-6H,3-4,7,12H2,1-2H3. The molecule has 17 heavy (non-hydrogen) atoms. The summed E-state index contributed by atoms with van der Waals surface area (Å²) in [5.74, 6) is -0.151. The molecule has 1 aromatic rings. The third-order valence-corrected chi connectivity index (χ3v) is 2.18. The zero-order valence-electron chi connectivity index (χ0n) is 9.93. The maximum absolute atomic E-state index is 11.6. The van der Waals surface area contributed by atoms with Crippen molar-refractivity contribution in [2.75, 3.05) is 26.1 Å². The fourth-order valence-electron chi connectivity index (χ4n) is 1.25. The summed E-state index contributed by atoms with van der Waals surface area (Å²) in [4.78, 5) is 22.8. The van der Waals surface area contributed by atoms with E-state index in [4.69, 9.17) is 15.2 Å². The number of pyridine rings is 1. The van der Waals surface area contributed by atoms with E-state index in [9.17, 15) is 9.59 Å². The molecule has 0 unspecified atom stereocenters. The van der Waals surface area contributed by atoms with E-state index in [0.29, 0.717) is 18.8 Å². The van der Waals surface area contributed by atoms with Crippen LogP contribution in [0.4, 0.5) is 5.69 Å². The van der Waals surface area contributed by atoms with E-state index in [1.54, 1.807) is 7.11 Å². The van der Waals surface area contributed by atoms with Crippen molar-refractivity contribution in [3.05, 3.63) is 28.2 Å². The molecule has 0 atom stereocenters. The van der Waals surface area contributed by atoms with E-state index in [1.807, 2.05) is 0 Å². The molecule has 1 aromatic heterocycles. The zero-order chi connectivity index (χ0) is 12.8. The quantitative estimate of drug-likeness (QED) is 0.569. The van der Waals surface area contributed by atoms with Crippen LogP contribution in [0.15, 0.2) is 17.1 Å². The van der Waals surface area contributed by atoms with Gasteiger partial charge in [-0.2, -0.15) is 0 Å². The van der Waals surface area contributed by atoms with Crippen molar-refractivity contribution >= 4 is 11.5 Å². The molecule has 0 amide bonds. The Hall–Kier alpha value is -1.66. The average molecular weight is 240 g/mol. The summed E-state index contributed by atoms with van der Waals surface area (Å²) in [6, 6.07) is 1.37. The highest BCUT2D eigenvalue weighted by Crippen LogP contribution is 2.03. The number of hydrogen-bond acceptors (Lipinski definition) is 5. The molecule has 0 bridgehead atoms. The summed E-state index contributed by atoms with van der Waals surface area (Å²) in [5, 5.41) is 0. The predicted octanol–water partition coefficient (Wildman–Crippen LogP) is 0.254. The lowest BCUT2D eigenvalue weighted by Gasteiger charge is -2.09. The van der Waals surface area contributed by atoms with Gasteiger partial charge >= 0.3 is 0 Å². The van der Waals surface area contributed by atoms with Crippen LogP contribution in [0.25, 0.3) is 0 Å². The summed E-state index contributed by atoms with van der Waals surface area (Å²) in [5.41, 5.74) is 5.58. The highest BCUT2D eigenvalue weighted by atomic mass is 16.5. The molecule has 0 fully saturated rings. The van der Waals surface area contributed by atoms with Gasteiger partial charge < -0.3 is 15.2 Å². The average Bonchev–Trinajstić information content (AvgIpc) is 2.29. The zero-order valence-corrected chi connectivity index (χ0v) is 9.93. The molecule has 0 aliphatic heterocycles. The van der Waals surface area contributed by atoms with Crippen molar-refractivity contribution in [2.24, 2.45) is 0 Å². The fourth-order valence-corrected chi connectivity index (χ4v) is 1.25. The van der Waals surface area contributed by atoms with E-state index in [1.165, 1.54) is 23.8 Å². The summed E-state index contributed by atoms with van der Waals surface area (Å²) < 4.78 is 11.3. The van der Waals surface area contributed by atoms with Crippen LogP contribution >= 0.6 is 0 Å². The van der Waals surface area contributed by atoms with Crippen LogP contribution in [0.2, 0.25) is 0 Å². The number of nitrogen functional groups attached to an aromatic ring is 1. The Kier molecular flexibility index (Phi) is 4.86. The third kappa shape index (κ3) is 3.69. The van der Waals surface area contributed by atoms with E-state index in [2.05, 4.69) is 0 Å². The molecular formula is C11H16N2O4.